The lowest BCUT2D eigenvalue weighted by Gasteiger charge is -2.07. The predicted octanol–water partition coefficient (Wildman–Crippen LogP) is 1.03. The molecule has 62 valence electrons. The third-order valence-electron chi connectivity index (χ3n) is 1.89. The van der Waals surface area contributed by atoms with Crippen LogP contribution in [0.1, 0.15) is 26.1 Å². The third-order valence-corrected chi connectivity index (χ3v) is 1.89. The van der Waals surface area contributed by atoms with Crippen molar-refractivity contribution < 1.29 is 0 Å². The highest BCUT2D eigenvalue weighted by molar-refractivity contribution is 4.73. The fourth-order valence-corrected chi connectivity index (χ4v) is 0.842. The predicted molar refractivity (Wildman–Crippen MR) is 42.0 cm³/mol. The zero-order valence-electron chi connectivity index (χ0n) is 7.28. The molecule has 1 rings (SSSR count). The first-order valence-electron chi connectivity index (χ1n) is 3.96. The molecule has 0 aliphatic rings. The molecule has 0 radical (unpaired) electrons. The van der Waals surface area contributed by atoms with Crippen LogP contribution in [-0.4, -0.2) is 20.2 Å². The van der Waals surface area contributed by atoms with Gasteiger partial charge in [-0.1, -0.05) is 20.3 Å². The minimum absolute atomic E-state index is 0.650. The molecule has 1 aromatic heterocycles. The van der Waals surface area contributed by atoms with Gasteiger partial charge in [-0.3, -0.25) is 0 Å². The van der Waals surface area contributed by atoms with E-state index in [-0.39, 0.29) is 0 Å². The molecule has 1 unspecified atom stereocenters. The lowest BCUT2D eigenvalue weighted by molar-refractivity contribution is 0.425. The second-order valence-corrected chi connectivity index (χ2v) is 2.92. The van der Waals surface area contributed by atoms with Crippen molar-refractivity contribution in [2.45, 2.75) is 33.7 Å². The number of hydrogen-bond acceptors (Lipinski definition) is 3. The second kappa shape index (κ2) is 3.46. The molecule has 0 aliphatic carbocycles. The molecule has 0 bridgehead atoms. The van der Waals surface area contributed by atoms with Crippen LogP contribution in [0.4, 0.5) is 0 Å². The van der Waals surface area contributed by atoms with E-state index in [9.17, 15) is 0 Å². The van der Waals surface area contributed by atoms with Crippen LogP contribution in [0.25, 0.3) is 0 Å². The van der Waals surface area contributed by atoms with Crippen LogP contribution < -0.4 is 0 Å². The maximum Gasteiger partial charge on any atom is 0.148 e. The minimum Gasteiger partial charge on any atom is -0.230 e. The highest BCUT2D eigenvalue weighted by atomic mass is 15.5. The lowest BCUT2D eigenvalue weighted by atomic mass is 10.1. The van der Waals surface area contributed by atoms with Crippen molar-refractivity contribution in [3.8, 4) is 0 Å². The smallest absolute Gasteiger partial charge is 0.148 e. The number of nitrogens with zero attached hydrogens (tertiary/aromatic N) is 4. The molecule has 0 fully saturated rings. The van der Waals surface area contributed by atoms with Crippen LogP contribution in [0.2, 0.25) is 0 Å². The van der Waals surface area contributed by atoms with Gasteiger partial charge in [-0.15, -0.1) is 5.10 Å². The molecule has 1 heterocycles. The average Bonchev–Trinajstić information content (AvgIpc) is 2.37. The molecule has 1 atom stereocenters. The van der Waals surface area contributed by atoms with Crippen molar-refractivity contribution in [3.63, 3.8) is 0 Å². The Kier molecular flexibility index (Phi) is 2.57. The van der Waals surface area contributed by atoms with Crippen LogP contribution in [-0.2, 0) is 6.54 Å². The van der Waals surface area contributed by atoms with Gasteiger partial charge in [0.15, 0.2) is 0 Å². The standard InChI is InChI=1S/C7H14N4/c1-4-6(2)5-11-7(3)8-9-10-11/h6H,4-5H2,1-3H3. The summed E-state index contributed by atoms with van der Waals surface area (Å²) in [6, 6.07) is 0. The first-order chi connectivity index (χ1) is 5.24. The van der Waals surface area contributed by atoms with Crippen molar-refractivity contribution >= 4 is 0 Å². The summed E-state index contributed by atoms with van der Waals surface area (Å²) in [6.07, 6.45) is 1.17. The molecule has 0 aliphatic heterocycles. The lowest BCUT2D eigenvalue weighted by Crippen LogP contribution is -2.09. The van der Waals surface area contributed by atoms with Gasteiger partial charge >= 0.3 is 0 Å². The molecular formula is C7H14N4. The number of hydrogen-bond donors (Lipinski definition) is 0. The van der Waals surface area contributed by atoms with E-state index in [4.69, 9.17) is 0 Å². The molecule has 1 aromatic rings. The van der Waals surface area contributed by atoms with Gasteiger partial charge in [0.05, 0.1) is 0 Å². The Morgan fingerprint density at radius 1 is 1.55 bits per heavy atom. The van der Waals surface area contributed by atoms with E-state index in [1.54, 1.807) is 0 Å². The summed E-state index contributed by atoms with van der Waals surface area (Å²) in [5.41, 5.74) is 0. The second-order valence-electron chi connectivity index (χ2n) is 2.92. The van der Waals surface area contributed by atoms with Gasteiger partial charge in [-0.2, -0.15) is 0 Å². The van der Waals surface area contributed by atoms with Gasteiger partial charge < -0.3 is 0 Å². The highest BCUT2D eigenvalue weighted by Gasteiger charge is 2.03. The number of tetrazole rings is 1. The topological polar surface area (TPSA) is 43.6 Å². The van der Waals surface area contributed by atoms with E-state index in [1.165, 1.54) is 6.42 Å². The molecule has 0 saturated carbocycles. The molecule has 4 heteroatoms. The van der Waals surface area contributed by atoms with E-state index >= 15 is 0 Å². The van der Waals surface area contributed by atoms with Crippen LogP contribution in [0.3, 0.4) is 0 Å². The van der Waals surface area contributed by atoms with Gasteiger partial charge in [-0.05, 0) is 23.3 Å². The molecule has 0 spiro atoms. The molecule has 0 aromatic carbocycles. The van der Waals surface area contributed by atoms with Gasteiger partial charge in [0.2, 0.25) is 0 Å². The minimum atomic E-state index is 0.650. The monoisotopic (exact) mass is 154 g/mol. The van der Waals surface area contributed by atoms with Gasteiger partial charge in [0.25, 0.3) is 0 Å². The Labute approximate surface area is 66.6 Å². The van der Waals surface area contributed by atoms with Crippen molar-refractivity contribution in [3.05, 3.63) is 5.82 Å². The summed E-state index contributed by atoms with van der Waals surface area (Å²) in [6.45, 7) is 7.21. The Hall–Kier alpha value is -0.930. The zero-order valence-corrected chi connectivity index (χ0v) is 7.28. The number of aromatic nitrogens is 4. The Morgan fingerprint density at radius 3 is 2.73 bits per heavy atom. The summed E-state index contributed by atoms with van der Waals surface area (Å²) in [5.74, 6) is 1.54. The molecule has 11 heavy (non-hydrogen) atoms. The largest absolute Gasteiger partial charge is 0.230 e. The summed E-state index contributed by atoms with van der Waals surface area (Å²) < 4.78 is 1.84. The summed E-state index contributed by atoms with van der Waals surface area (Å²) in [7, 11) is 0. The molecule has 4 nitrogen and oxygen atoms in total. The summed E-state index contributed by atoms with van der Waals surface area (Å²) >= 11 is 0. The van der Waals surface area contributed by atoms with Crippen molar-refractivity contribution in [1.29, 1.82) is 0 Å². The van der Waals surface area contributed by atoms with E-state index in [0.717, 1.165) is 12.4 Å². The molecule has 0 saturated heterocycles. The Balaban J connectivity index is 2.56. The SMILES string of the molecule is CCC(C)Cn1nnnc1C. The van der Waals surface area contributed by atoms with Gasteiger partial charge in [0.1, 0.15) is 5.82 Å². The maximum absolute atomic E-state index is 3.86. The van der Waals surface area contributed by atoms with Crippen LogP contribution in [0, 0.1) is 12.8 Å². The van der Waals surface area contributed by atoms with Crippen LogP contribution >= 0.6 is 0 Å². The first-order valence-corrected chi connectivity index (χ1v) is 3.96. The van der Waals surface area contributed by atoms with Gasteiger partial charge in [0, 0.05) is 6.54 Å². The van der Waals surface area contributed by atoms with Crippen LogP contribution in [0.15, 0.2) is 0 Å². The van der Waals surface area contributed by atoms with E-state index in [0.29, 0.717) is 5.92 Å². The quantitative estimate of drug-likeness (QED) is 0.653. The van der Waals surface area contributed by atoms with Crippen molar-refractivity contribution in [2.75, 3.05) is 0 Å². The molecular weight excluding hydrogens is 140 g/mol. The molecule has 0 amide bonds. The van der Waals surface area contributed by atoms with Gasteiger partial charge in [-0.25, -0.2) is 4.68 Å². The molecule has 0 N–H and O–H groups in total. The fraction of sp³-hybridized carbons (Fsp3) is 0.857. The first kappa shape index (κ1) is 8.17. The van der Waals surface area contributed by atoms with E-state index < -0.39 is 0 Å². The van der Waals surface area contributed by atoms with E-state index in [1.807, 2.05) is 11.6 Å². The third kappa shape index (κ3) is 2.00. The highest BCUT2D eigenvalue weighted by Crippen LogP contribution is 2.03. The average molecular weight is 154 g/mol. The number of rotatable bonds is 3. The number of aryl methyl sites for hydroxylation is 1. The zero-order chi connectivity index (χ0) is 8.27. The van der Waals surface area contributed by atoms with Crippen molar-refractivity contribution in [1.82, 2.24) is 20.2 Å². The normalized spacial score (nSPS) is 13.4. The van der Waals surface area contributed by atoms with Crippen LogP contribution in [0.5, 0.6) is 0 Å². The summed E-state index contributed by atoms with van der Waals surface area (Å²) in [4.78, 5) is 0. The fourth-order valence-electron chi connectivity index (χ4n) is 0.842. The van der Waals surface area contributed by atoms with Crippen molar-refractivity contribution in [2.24, 2.45) is 5.92 Å². The maximum atomic E-state index is 3.86. The Morgan fingerprint density at radius 2 is 2.27 bits per heavy atom. The Bertz CT molecular complexity index is 218. The summed E-state index contributed by atoms with van der Waals surface area (Å²) in [5, 5.41) is 11.2. The van der Waals surface area contributed by atoms with E-state index in [2.05, 4.69) is 29.4 Å².